The normalized spacial score (nSPS) is 25.3. The number of non-ortho nitro benzene ring substituents is 1. The lowest BCUT2D eigenvalue weighted by Crippen LogP contribution is -2.56. The van der Waals surface area contributed by atoms with Crippen LogP contribution in [0.5, 0.6) is 0 Å². The highest BCUT2D eigenvalue weighted by Gasteiger charge is 2.28. The molecule has 1 aromatic rings. The number of nitro groups is 1. The smallest absolute Gasteiger partial charge is 0.269 e. The number of carbonyl (C=O) groups is 1. The molecule has 3 unspecified atom stereocenters. The SMILES string of the molecule is CC1CCNC(C)C1NC(=O)Cc1cccc([N+](=O)[O-])c1. The summed E-state index contributed by atoms with van der Waals surface area (Å²) in [6.45, 7) is 5.17. The topological polar surface area (TPSA) is 84.3 Å². The molecule has 0 radical (unpaired) electrons. The molecule has 1 heterocycles. The van der Waals surface area contributed by atoms with Gasteiger partial charge in [-0.2, -0.15) is 0 Å². The van der Waals surface area contributed by atoms with Crippen LogP contribution in [0, 0.1) is 16.0 Å². The predicted octanol–water partition coefficient (Wildman–Crippen LogP) is 1.64. The van der Waals surface area contributed by atoms with Gasteiger partial charge in [0.15, 0.2) is 0 Å². The second-order valence-corrected chi connectivity index (χ2v) is 5.71. The molecule has 1 amide bonds. The number of rotatable bonds is 4. The van der Waals surface area contributed by atoms with Gasteiger partial charge in [-0.3, -0.25) is 14.9 Å². The minimum absolute atomic E-state index is 0.0152. The molecule has 0 spiro atoms. The third-order valence-corrected chi connectivity index (χ3v) is 4.03. The fourth-order valence-corrected chi connectivity index (χ4v) is 2.81. The summed E-state index contributed by atoms with van der Waals surface area (Å²) in [7, 11) is 0. The van der Waals surface area contributed by atoms with Crippen LogP contribution in [0.3, 0.4) is 0 Å². The van der Waals surface area contributed by atoms with Crippen LogP contribution >= 0.6 is 0 Å². The predicted molar refractivity (Wildman–Crippen MR) is 80.0 cm³/mol. The van der Waals surface area contributed by atoms with Crippen molar-refractivity contribution in [1.82, 2.24) is 10.6 Å². The molecule has 6 heteroatoms. The number of carbonyl (C=O) groups excluding carboxylic acids is 1. The maximum atomic E-state index is 12.1. The maximum Gasteiger partial charge on any atom is 0.269 e. The van der Waals surface area contributed by atoms with E-state index in [1.165, 1.54) is 12.1 Å². The Labute approximate surface area is 124 Å². The van der Waals surface area contributed by atoms with Gasteiger partial charge in [-0.25, -0.2) is 0 Å². The first-order valence-electron chi connectivity index (χ1n) is 7.23. The maximum absolute atomic E-state index is 12.1. The van der Waals surface area contributed by atoms with Crippen LogP contribution in [0.25, 0.3) is 0 Å². The Hall–Kier alpha value is -1.95. The molecule has 1 aromatic carbocycles. The molecule has 1 saturated heterocycles. The van der Waals surface area contributed by atoms with Gasteiger partial charge < -0.3 is 10.6 Å². The standard InChI is InChI=1S/C15H21N3O3/c1-10-6-7-16-11(2)15(10)17-14(19)9-12-4-3-5-13(8-12)18(20)21/h3-5,8,10-11,15-16H,6-7,9H2,1-2H3,(H,17,19). The quantitative estimate of drug-likeness (QED) is 0.652. The van der Waals surface area contributed by atoms with Crippen molar-refractivity contribution in [2.75, 3.05) is 6.54 Å². The summed E-state index contributed by atoms with van der Waals surface area (Å²) in [5.74, 6) is 0.332. The molecule has 114 valence electrons. The van der Waals surface area contributed by atoms with Gasteiger partial charge in [0.25, 0.3) is 5.69 Å². The molecular formula is C15H21N3O3. The van der Waals surface area contributed by atoms with Crippen molar-refractivity contribution in [2.45, 2.75) is 38.8 Å². The fourth-order valence-electron chi connectivity index (χ4n) is 2.81. The molecular weight excluding hydrogens is 270 g/mol. The van der Waals surface area contributed by atoms with E-state index in [9.17, 15) is 14.9 Å². The second kappa shape index (κ2) is 6.67. The highest BCUT2D eigenvalue weighted by molar-refractivity contribution is 5.79. The largest absolute Gasteiger partial charge is 0.351 e. The number of nitro benzene ring substituents is 1. The van der Waals surface area contributed by atoms with Gasteiger partial charge in [-0.1, -0.05) is 19.1 Å². The van der Waals surface area contributed by atoms with Crippen molar-refractivity contribution in [2.24, 2.45) is 5.92 Å². The van der Waals surface area contributed by atoms with Gasteiger partial charge >= 0.3 is 0 Å². The highest BCUT2D eigenvalue weighted by Crippen LogP contribution is 2.17. The summed E-state index contributed by atoms with van der Waals surface area (Å²) in [6.07, 6.45) is 1.20. The Kier molecular flexibility index (Phi) is 4.90. The number of benzene rings is 1. The summed E-state index contributed by atoms with van der Waals surface area (Å²) >= 11 is 0. The van der Waals surface area contributed by atoms with Crippen LogP contribution in [0.1, 0.15) is 25.8 Å². The number of hydrogen-bond acceptors (Lipinski definition) is 4. The minimum atomic E-state index is -0.448. The van der Waals surface area contributed by atoms with E-state index >= 15 is 0 Å². The van der Waals surface area contributed by atoms with Crippen molar-refractivity contribution in [1.29, 1.82) is 0 Å². The van der Waals surface area contributed by atoms with Gasteiger partial charge in [0, 0.05) is 24.2 Å². The third kappa shape index (κ3) is 4.01. The lowest BCUT2D eigenvalue weighted by Gasteiger charge is -2.36. The van der Waals surface area contributed by atoms with Crippen LogP contribution in [0.15, 0.2) is 24.3 Å². The van der Waals surface area contributed by atoms with E-state index < -0.39 is 4.92 Å². The van der Waals surface area contributed by atoms with Gasteiger partial charge in [-0.15, -0.1) is 0 Å². The average molecular weight is 291 g/mol. The monoisotopic (exact) mass is 291 g/mol. The molecule has 0 saturated carbocycles. The molecule has 0 aliphatic carbocycles. The van der Waals surface area contributed by atoms with Crippen molar-refractivity contribution in [3.63, 3.8) is 0 Å². The van der Waals surface area contributed by atoms with Crippen LogP contribution < -0.4 is 10.6 Å². The lowest BCUT2D eigenvalue weighted by atomic mass is 9.89. The molecule has 2 N–H and O–H groups in total. The molecule has 0 bridgehead atoms. The Morgan fingerprint density at radius 3 is 2.90 bits per heavy atom. The van der Waals surface area contributed by atoms with Gasteiger partial charge in [0.05, 0.1) is 11.3 Å². The van der Waals surface area contributed by atoms with Crippen LogP contribution in [0.2, 0.25) is 0 Å². The summed E-state index contributed by atoms with van der Waals surface area (Å²) in [4.78, 5) is 22.4. The van der Waals surface area contributed by atoms with Crippen molar-refractivity contribution < 1.29 is 9.72 Å². The number of amides is 1. The Morgan fingerprint density at radius 1 is 1.48 bits per heavy atom. The van der Waals surface area contributed by atoms with E-state index in [-0.39, 0.29) is 30.1 Å². The molecule has 2 rings (SSSR count). The van der Waals surface area contributed by atoms with E-state index in [0.717, 1.165) is 13.0 Å². The van der Waals surface area contributed by atoms with Crippen molar-refractivity contribution in [3.8, 4) is 0 Å². The first kappa shape index (κ1) is 15.4. The zero-order chi connectivity index (χ0) is 15.4. The summed E-state index contributed by atoms with van der Waals surface area (Å²) in [5.41, 5.74) is 0.673. The van der Waals surface area contributed by atoms with E-state index in [1.54, 1.807) is 12.1 Å². The third-order valence-electron chi connectivity index (χ3n) is 4.03. The first-order valence-corrected chi connectivity index (χ1v) is 7.23. The molecule has 0 aromatic heterocycles. The van der Waals surface area contributed by atoms with Crippen molar-refractivity contribution in [3.05, 3.63) is 39.9 Å². The van der Waals surface area contributed by atoms with E-state index in [4.69, 9.17) is 0 Å². The number of hydrogen-bond donors (Lipinski definition) is 2. The minimum Gasteiger partial charge on any atom is -0.351 e. The Balaban J connectivity index is 1.98. The Bertz CT molecular complexity index is 523. The van der Waals surface area contributed by atoms with E-state index in [0.29, 0.717) is 11.5 Å². The molecule has 1 aliphatic heterocycles. The van der Waals surface area contributed by atoms with Gasteiger partial charge in [-0.05, 0) is 31.4 Å². The van der Waals surface area contributed by atoms with Crippen LogP contribution in [-0.4, -0.2) is 29.5 Å². The first-order chi connectivity index (χ1) is 9.97. The Morgan fingerprint density at radius 2 is 2.24 bits per heavy atom. The summed E-state index contributed by atoms with van der Waals surface area (Å²) in [5, 5.41) is 17.1. The average Bonchev–Trinajstić information content (AvgIpc) is 2.43. The molecule has 3 atom stereocenters. The van der Waals surface area contributed by atoms with E-state index in [1.807, 2.05) is 0 Å². The molecule has 6 nitrogen and oxygen atoms in total. The fraction of sp³-hybridized carbons (Fsp3) is 0.533. The van der Waals surface area contributed by atoms with Crippen LogP contribution in [0.4, 0.5) is 5.69 Å². The van der Waals surface area contributed by atoms with Gasteiger partial charge in [0.1, 0.15) is 0 Å². The summed E-state index contributed by atoms with van der Waals surface area (Å²) in [6, 6.07) is 6.56. The molecule has 1 aliphatic rings. The van der Waals surface area contributed by atoms with E-state index in [2.05, 4.69) is 24.5 Å². The summed E-state index contributed by atoms with van der Waals surface area (Å²) < 4.78 is 0. The number of nitrogens with zero attached hydrogens (tertiary/aromatic N) is 1. The van der Waals surface area contributed by atoms with Crippen molar-refractivity contribution >= 4 is 11.6 Å². The number of nitrogens with one attached hydrogen (secondary N) is 2. The molecule has 21 heavy (non-hydrogen) atoms. The van der Waals surface area contributed by atoms with Crippen LogP contribution in [-0.2, 0) is 11.2 Å². The molecule has 1 fully saturated rings. The number of piperidine rings is 1. The van der Waals surface area contributed by atoms with Gasteiger partial charge in [0.2, 0.25) is 5.91 Å². The lowest BCUT2D eigenvalue weighted by molar-refractivity contribution is -0.384. The zero-order valence-electron chi connectivity index (χ0n) is 12.3. The zero-order valence-corrected chi connectivity index (χ0v) is 12.3. The second-order valence-electron chi connectivity index (χ2n) is 5.71. The highest BCUT2D eigenvalue weighted by atomic mass is 16.6.